The third-order valence-corrected chi connectivity index (χ3v) is 3.24. The molecule has 0 bridgehead atoms. The molecule has 17 heavy (non-hydrogen) atoms. The zero-order valence-electron chi connectivity index (χ0n) is 9.37. The van der Waals surface area contributed by atoms with Crippen LogP contribution in [0.4, 0.5) is 0 Å². The predicted octanol–water partition coefficient (Wildman–Crippen LogP) is 1.02. The van der Waals surface area contributed by atoms with Gasteiger partial charge in [0.2, 0.25) is 0 Å². The fourth-order valence-electron chi connectivity index (χ4n) is 2.25. The monoisotopic (exact) mass is 237 g/mol. The summed E-state index contributed by atoms with van der Waals surface area (Å²) in [4.78, 5) is 22.5. The molecule has 2 rings (SSSR count). The topological polar surface area (TPSA) is 79.5 Å². The van der Waals surface area contributed by atoms with Gasteiger partial charge in [0.15, 0.2) is 0 Å². The highest BCUT2D eigenvalue weighted by atomic mass is 16.4. The van der Waals surface area contributed by atoms with Gasteiger partial charge in [-0.15, -0.1) is 0 Å². The molecular formula is C12H15NO4. The molecule has 0 saturated heterocycles. The predicted molar refractivity (Wildman–Crippen MR) is 61.2 cm³/mol. The van der Waals surface area contributed by atoms with Crippen LogP contribution in [0.2, 0.25) is 0 Å². The van der Waals surface area contributed by atoms with Crippen LogP contribution in [0.25, 0.3) is 0 Å². The fraction of sp³-hybridized carbons (Fsp3) is 0.500. The standard InChI is InChI=1S/C12H15NO4/c14-10-4-2-9(3-5-10)13-7-8(12(16)17)1-6-11(13)15/h1,6-7,9-10,14H,2-5H2,(H,16,17). The van der Waals surface area contributed by atoms with Gasteiger partial charge < -0.3 is 14.8 Å². The molecule has 0 spiro atoms. The van der Waals surface area contributed by atoms with Crippen LogP contribution in [-0.2, 0) is 0 Å². The molecule has 2 N–H and O–H groups in total. The maximum atomic E-state index is 11.7. The number of aromatic nitrogens is 1. The Morgan fingerprint density at radius 2 is 1.88 bits per heavy atom. The van der Waals surface area contributed by atoms with Crippen molar-refractivity contribution in [3.63, 3.8) is 0 Å². The second kappa shape index (κ2) is 4.71. The van der Waals surface area contributed by atoms with Gasteiger partial charge in [-0.25, -0.2) is 4.79 Å². The van der Waals surface area contributed by atoms with Crippen molar-refractivity contribution in [2.24, 2.45) is 0 Å². The Balaban J connectivity index is 2.28. The highest BCUT2D eigenvalue weighted by Gasteiger charge is 2.21. The van der Waals surface area contributed by atoms with Crippen LogP contribution in [0.5, 0.6) is 0 Å². The van der Waals surface area contributed by atoms with Crippen LogP contribution in [0.15, 0.2) is 23.1 Å². The number of aliphatic hydroxyl groups is 1. The summed E-state index contributed by atoms with van der Waals surface area (Å²) in [5, 5.41) is 18.3. The Kier molecular flexibility index (Phi) is 3.28. The summed E-state index contributed by atoms with van der Waals surface area (Å²) in [7, 11) is 0. The van der Waals surface area contributed by atoms with E-state index in [1.165, 1.54) is 22.9 Å². The molecule has 0 atom stereocenters. The Labute approximate surface area is 98.3 Å². The number of carbonyl (C=O) groups is 1. The van der Waals surface area contributed by atoms with Crippen molar-refractivity contribution < 1.29 is 15.0 Å². The molecule has 92 valence electrons. The minimum Gasteiger partial charge on any atom is -0.478 e. The van der Waals surface area contributed by atoms with E-state index < -0.39 is 5.97 Å². The zero-order chi connectivity index (χ0) is 12.4. The number of aromatic carboxylic acids is 1. The number of hydrogen-bond acceptors (Lipinski definition) is 3. The van der Waals surface area contributed by atoms with Gasteiger partial charge in [0.25, 0.3) is 5.56 Å². The first-order chi connectivity index (χ1) is 8.08. The molecule has 1 aliphatic carbocycles. The van der Waals surface area contributed by atoms with E-state index >= 15 is 0 Å². The van der Waals surface area contributed by atoms with E-state index in [9.17, 15) is 14.7 Å². The lowest BCUT2D eigenvalue weighted by molar-refractivity contribution is 0.0694. The molecule has 1 heterocycles. The van der Waals surface area contributed by atoms with E-state index in [1.54, 1.807) is 0 Å². The molecule has 0 amide bonds. The number of pyridine rings is 1. The largest absolute Gasteiger partial charge is 0.478 e. The Bertz CT molecular complexity index is 472. The SMILES string of the molecule is O=C(O)c1ccc(=O)n(C2CCC(O)CC2)c1. The van der Waals surface area contributed by atoms with E-state index in [0.717, 1.165) is 0 Å². The van der Waals surface area contributed by atoms with Gasteiger partial charge in [-0.05, 0) is 31.7 Å². The summed E-state index contributed by atoms with van der Waals surface area (Å²) in [6.07, 6.45) is 3.86. The lowest BCUT2D eigenvalue weighted by atomic mass is 9.93. The van der Waals surface area contributed by atoms with Crippen LogP contribution in [0.1, 0.15) is 42.1 Å². The van der Waals surface area contributed by atoms with Gasteiger partial charge in [-0.1, -0.05) is 0 Å². The molecule has 1 aliphatic rings. The lowest BCUT2D eigenvalue weighted by Gasteiger charge is -2.27. The number of rotatable bonds is 2. The highest BCUT2D eigenvalue weighted by molar-refractivity contribution is 5.87. The van der Waals surface area contributed by atoms with Gasteiger partial charge in [-0.3, -0.25) is 4.79 Å². The molecule has 1 aromatic rings. The van der Waals surface area contributed by atoms with Crippen LogP contribution >= 0.6 is 0 Å². The molecule has 0 aromatic carbocycles. The average Bonchev–Trinajstić information content (AvgIpc) is 2.31. The Hall–Kier alpha value is -1.62. The van der Waals surface area contributed by atoms with Crippen molar-refractivity contribution in [1.29, 1.82) is 0 Å². The molecule has 0 unspecified atom stereocenters. The zero-order valence-corrected chi connectivity index (χ0v) is 9.37. The minimum absolute atomic E-state index is 0.00481. The number of aliphatic hydroxyl groups excluding tert-OH is 1. The molecule has 1 saturated carbocycles. The second-order valence-corrected chi connectivity index (χ2v) is 4.43. The van der Waals surface area contributed by atoms with E-state index in [-0.39, 0.29) is 23.3 Å². The van der Waals surface area contributed by atoms with Gasteiger partial charge in [0.1, 0.15) is 0 Å². The fourth-order valence-corrected chi connectivity index (χ4v) is 2.25. The first kappa shape index (κ1) is 11.9. The summed E-state index contributed by atoms with van der Waals surface area (Å²) in [6, 6.07) is 2.61. The summed E-state index contributed by atoms with van der Waals surface area (Å²) < 4.78 is 1.48. The number of carboxylic acids is 1. The number of carboxylic acid groups (broad SMARTS) is 1. The van der Waals surface area contributed by atoms with Crippen LogP contribution < -0.4 is 5.56 Å². The van der Waals surface area contributed by atoms with Crippen LogP contribution in [0, 0.1) is 0 Å². The minimum atomic E-state index is -1.03. The van der Waals surface area contributed by atoms with Crippen molar-refractivity contribution in [1.82, 2.24) is 4.57 Å². The van der Waals surface area contributed by atoms with Gasteiger partial charge in [0.05, 0.1) is 11.7 Å². The third-order valence-electron chi connectivity index (χ3n) is 3.24. The van der Waals surface area contributed by atoms with E-state index in [2.05, 4.69) is 0 Å². The van der Waals surface area contributed by atoms with Crippen molar-refractivity contribution >= 4 is 5.97 Å². The summed E-state index contributed by atoms with van der Waals surface area (Å²) in [5.74, 6) is -1.03. The molecule has 5 nitrogen and oxygen atoms in total. The van der Waals surface area contributed by atoms with Crippen molar-refractivity contribution in [3.8, 4) is 0 Å². The van der Waals surface area contributed by atoms with Crippen LogP contribution in [0.3, 0.4) is 0 Å². The quantitative estimate of drug-likeness (QED) is 0.804. The summed E-state index contributed by atoms with van der Waals surface area (Å²) in [6.45, 7) is 0. The smallest absolute Gasteiger partial charge is 0.337 e. The number of hydrogen-bond donors (Lipinski definition) is 2. The maximum absolute atomic E-state index is 11.7. The molecule has 1 aromatic heterocycles. The first-order valence-corrected chi connectivity index (χ1v) is 5.71. The van der Waals surface area contributed by atoms with Crippen molar-refractivity contribution in [2.75, 3.05) is 0 Å². The summed E-state index contributed by atoms with van der Waals surface area (Å²) in [5.41, 5.74) is -0.0629. The van der Waals surface area contributed by atoms with Crippen molar-refractivity contribution in [3.05, 3.63) is 34.2 Å². The maximum Gasteiger partial charge on any atom is 0.337 e. The summed E-state index contributed by atoms with van der Waals surface area (Å²) >= 11 is 0. The van der Waals surface area contributed by atoms with E-state index in [4.69, 9.17) is 5.11 Å². The van der Waals surface area contributed by atoms with Crippen LogP contribution in [-0.4, -0.2) is 26.9 Å². The highest BCUT2D eigenvalue weighted by Crippen LogP contribution is 2.27. The lowest BCUT2D eigenvalue weighted by Crippen LogP contribution is -2.29. The first-order valence-electron chi connectivity index (χ1n) is 5.71. The Morgan fingerprint density at radius 1 is 1.24 bits per heavy atom. The molecule has 0 aliphatic heterocycles. The van der Waals surface area contributed by atoms with Gasteiger partial charge >= 0.3 is 5.97 Å². The molecule has 1 fully saturated rings. The third kappa shape index (κ3) is 2.55. The van der Waals surface area contributed by atoms with Crippen molar-refractivity contribution in [2.45, 2.75) is 37.8 Å². The van der Waals surface area contributed by atoms with E-state index in [0.29, 0.717) is 25.7 Å². The molecule has 5 heteroatoms. The number of nitrogens with zero attached hydrogens (tertiary/aromatic N) is 1. The van der Waals surface area contributed by atoms with Gasteiger partial charge in [0, 0.05) is 18.3 Å². The molecular weight excluding hydrogens is 222 g/mol. The average molecular weight is 237 g/mol. The van der Waals surface area contributed by atoms with E-state index in [1.807, 2.05) is 0 Å². The normalized spacial score (nSPS) is 24.5. The second-order valence-electron chi connectivity index (χ2n) is 4.43. The van der Waals surface area contributed by atoms with Gasteiger partial charge in [-0.2, -0.15) is 0 Å². The Morgan fingerprint density at radius 3 is 2.47 bits per heavy atom. The molecule has 0 radical (unpaired) electrons.